The molecule has 0 saturated carbocycles. The van der Waals surface area contributed by atoms with Gasteiger partial charge in [-0.15, -0.1) is 0 Å². The van der Waals surface area contributed by atoms with Gasteiger partial charge in [-0.3, -0.25) is 4.90 Å². The van der Waals surface area contributed by atoms with Crippen molar-refractivity contribution in [2.75, 3.05) is 7.05 Å². The van der Waals surface area contributed by atoms with Gasteiger partial charge in [-0.25, -0.2) is 4.79 Å². The van der Waals surface area contributed by atoms with E-state index in [1.807, 2.05) is 0 Å². The molecule has 0 radical (unpaired) electrons. The van der Waals surface area contributed by atoms with E-state index in [0.717, 1.165) is 5.92 Å². The minimum Gasteiger partial charge on any atom is -0.450 e. The lowest BCUT2D eigenvalue weighted by atomic mass is 9.74. The molecule has 0 bridgehead atoms. The Bertz CT molecular complexity index is 286. The molecule has 106 valence electrons. The molecule has 0 atom stereocenters. The molecule has 1 fully saturated rings. The van der Waals surface area contributed by atoms with Crippen molar-refractivity contribution in [2.24, 2.45) is 5.92 Å². The SMILES string of the molecule is CC=CC1CC(C)(C)N(C)C(C)(C)C1.O=C(O)O. The first-order valence-electron chi connectivity index (χ1n) is 6.31. The summed E-state index contributed by atoms with van der Waals surface area (Å²) in [6.07, 6.45) is 5.28. The molecule has 1 aliphatic heterocycles. The Labute approximate surface area is 110 Å². The molecule has 0 aromatic carbocycles. The third-order valence-corrected chi connectivity index (χ3v) is 3.80. The lowest BCUT2D eigenvalue weighted by molar-refractivity contribution is -0.0194. The highest BCUT2D eigenvalue weighted by molar-refractivity contribution is 5.53. The molecule has 1 aliphatic rings. The summed E-state index contributed by atoms with van der Waals surface area (Å²) in [6, 6.07) is 0. The summed E-state index contributed by atoms with van der Waals surface area (Å²) in [6.45, 7) is 11.5. The van der Waals surface area contributed by atoms with Gasteiger partial charge in [0.2, 0.25) is 0 Å². The van der Waals surface area contributed by atoms with E-state index in [1.54, 1.807) is 0 Å². The highest BCUT2D eigenvalue weighted by atomic mass is 16.6. The van der Waals surface area contributed by atoms with Gasteiger partial charge in [0.15, 0.2) is 0 Å². The molecular formula is C14H27NO3. The maximum Gasteiger partial charge on any atom is 0.503 e. The first kappa shape index (κ1) is 17.0. The van der Waals surface area contributed by atoms with Gasteiger partial charge in [0.25, 0.3) is 0 Å². The van der Waals surface area contributed by atoms with Crippen LogP contribution in [-0.4, -0.2) is 39.4 Å². The zero-order valence-corrected chi connectivity index (χ0v) is 12.4. The van der Waals surface area contributed by atoms with Crippen LogP contribution in [0.1, 0.15) is 47.5 Å². The largest absolute Gasteiger partial charge is 0.503 e. The molecule has 1 rings (SSSR count). The van der Waals surface area contributed by atoms with E-state index in [4.69, 9.17) is 15.0 Å². The normalized spacial score (nSPS) is 23.4. The molecular weight excluding hydrogens is 230 g/mol. The summed E-state index contributed by atoms with van der Waals surface area (Å²) in [7, 11) is 2.26. The smallest absolute Gasteiger partial charge is 0.450 e. The minimum atomic E-state index is -1.83. The van der Waals surface area contributed by atoms with Crippen LogP contribution in [0.15, 0.2) is 12.2 Å². The van der Waals surface area contributed by atoms with Crippen LogP contribution < -0.4 is 0 Å². The zero-order valence-electron chi connectivity index (χ0n) is 12.4. The Morgan fingerprint density at radius 2 is 1.50 bits per heavy atom. The predicted molar refractivity (Wildman–Crippen MR) is 74.1 cm³/mol. The second-order valence-electron chi connectivity index (χ2n) is 6.16. The van der Waals surface area contributed by atoms with Crippen molar-refractivity contribution in [2.45, 2.75) is 58.5 Å². The van der Waals surface area contributed by atoms with Crippen LogP contribution in [-0.2, 0) is 0 Å². The highest BCUT2D eigenvalue weighted by Crippen LogP contribution is 2.40. The molecule has 4 heteroatoms. The molecule has 1 saturated heterocycles. The van der Waals surface area contributed by atoms with Crippen molar-refractivity contribution in [3.05, 3.63) is 12.2 Å². The van der Waals surface area contributed by atoms with E-state index < -0.39 is 6.16 Å². The van der Waals surface area contributed by atoms with E-state index in [0.29, 0.717) is 11.1 Å². The van der Waals surface area contributed by atoms with Crippen molar-refractivity contribution in [3.63, 3.8) is 0 Å². The summed E-state index contributed by atoms with van der Waals surface area (Å²) in [5.41, 5.74) is 0.651. The average molecular weight is 257 g/mol. The molecule has 4 nitrogen and oxygen atoms in total. The third kappa shape index (κ3) is 5.08. The van der Waals surface area contributed by atoms with Gasteiger partial charge in [0.1, 0.15) is 0 Å². The van der Waals surface area contributed by atoms with E-state index in [9.17, 15) is 0 Å². The van der Waals surface area contributed by atoms with Gasteiger partial charge >= 0.3 is 6.16 Å². The van der Waals surface area contributed by atoms with Crippen molar-refractivity contribution >= 4 is 6.16 Å². The molecule has 2 N–H and O–H groups in total. The number of piperidine rings is 1. The van der Waals surface area contributed by atoms with E-state index in [-0.39, 0.29) is 0 Å². The van der Waals surface area contributed by atoms with Crippen molar-refractivity contribution in [1.82, 2.24) is 4.90 Å². The number of rotatable bonds is 1. The Morgan fingerprint density at radius 1 is 1.17 bits per heavy atom. The molecule has 1 heterocycles. The summed E-state index contributed by atoms with van der Waals surface area (Å²) in [5.74, 6) is 0.751. The van der Waals surface area contributed by atoms with E-state index in [2.05, 4.69) is 58.7 Å². The first-order valence-corrected chi connectivity index (χ1v) is 6.31. The fourth-order valence-corrected chi connectivity index (χ4v) is 2.86. The van der Waals surface area contributed by atoms with E-state index in [1.165, 1.54) is 12.8 Å². The second kappa shape index (κ2) is 6.23. The van der Waals surface area contributed by atoms with Crippen LogP contribution in [0.25, 0.3) is 0 Å². The standard InChI is InChI=1S/C13H25N.CH2O3/c1-7-8-11-9-12(2,3)14(6)13(4,5)10-11;2-1(3)4/h7-8,11H,9-10H2,1-6H3;(H2,2,3,4). The van der Waals surface area contributed by atoms with Gasteiger partial charge < -0.3 is 10.2 Å². The van der Waals surface area contributed by atoms with Crippen LogP contribution in [0.5, 0.6) is 0 Å². The van der Waals surface area contributed by atoms with Crippen molar-refractivity contribution < 1.29 is 15.0 Å². The summed E-state index contributed by atoms with van der Waals surface area (Å²) < 4.78 is 0. The van der Waals surface area contributed by atoms with Crippen molar-refractivity contribution in [3.8, 4) is 0 Å². The topological polar surface area (TPSA) is 60.8 Å². The number of nitrogens with zero attached hydrogens (tertiary/aromatic N) is 1. The number of carbonyl (C=O) groups is 1. The number of likely N-dealkylation sites (tertiary alicyclic amines) is 1. The van der Waals surface area contributed by atoms with Crippen LogP contribution in [0, 0.1) is 5.92 Å². The van der Waals surface area contributed by atoms with Gasteiger partial charge in [0.05, 0.1) is 0 Å². The number of allylic oxidation sites excluding steroid dienone is 2. The monoisotopic (exact) mass is 257 g/mol. The molecule has 0 amide bonds. The Kier molecular flexibility index (Phi) is 5.87. The average Bonchev–Trinajstić information content (AvgIpc) is 2.12. The molecule has 0 unspecified atom stereocenters. The highest BCUT2D eigenvalue weighted by Gasteiger charge is 2.41. The Balaban J connectivity index is 0.000000631. The molecule has 0 spiro atoms. The molecule has 0 aliphatic carbocycles. The van der Waals surface area contributed by atoms with Gasteiger partial charge in [-0.05, 0) is 60.4 Å². The predicted octanol–water partition coefficient (Wildman–Crippen LogP) is 3.68. The second-order valence-corrected chi connectivity index (χ2v) is 6.16. The maximum atomic E-state index is 8.56. The first-order chi connectivity index (χ1) is 8.03. The van der Waals surface area contributed by atoms with E-state index >= 15 is 0 Å². The zero-order chi connectivity index (χ0) is 14.6. The maximum absolute atomic E-state index is 8.56. The van der Waals surface area contributed by atoms with Crippen LogP contribution in [0.3, 0.4) is 0 Å². The minimum absolute atomic E-state index is 0.325. The lowest BCUT2D eigenvalue weighted by Gasteiger charge is -2.53. The van der Waals surface area contributed by atoms with Crippen LogP contribution >= 0.6 is 0 Å². The molecule has 18 heavy (non-hydrogen) atoms. The Morgan fingerprint density at radius 3 is 1.78 bits per heavy atom. The Hall–Kier alpha value is -1.03. The number of hydrogen-bond donors (Lipinski definition) is 2. The molecule has 0 aromatic heterocycles. The summed E-state index contributed by atoms with van der Waals surface area (Å²) in [4.78, 5) is 11.1. The number of hydrogen-bond acceptors (Lipinski definition) is 2. The third-order valence-electron chi connectivity index (χ3n) is 3.80. The summed E-state index contributed by atoms with van der Waals surface area (Å²) in [5, 5.41) is 13.9. The van der Waals surface area contributed by atoms with Crippen LogP contribution in [0.4, 0.5) is 4.79 Å². The number of carboxylic acid groups (broad SMARTS) is 2. The fraction of sp³-hybridized carbons (Fsp3) is 0.786. The van der Waals surface area contributed by atoms with Crippen molar-refractivity contribution in [1.29, 1.82) is 0 Å². The lowest BCUT2D eigenvalue weighted by Crippen LogP contribution is -2.58. The van der Waals surface area contributed by atoms with Crippen LogP contribution in [0.2, 0.25) is 0 Å². The van der Waals surface area contributed by atoms with Gasteiger partial charge in [-0.2, -0.15) is 0 Å². The summed E-state index contributed by atoms with van der Waals surface area (Å²) >= 11 is 0. The van der Waals surface area contributed by atoms with Gasteiger partial charge in [-0.1, -0.05) is 12.2 Å². The molecule has 0 aromatic rings. The van der Waals surface area contributed by atoms with Gasteiger partial charge in [0, 0.05) is 11.1 Å². The fourth-order valence-electron chi connectivity index (χ4n) is 2.86. The quantitative estimate of drug-likeness (QED) is 0.703.